The van der Waals surface area contributed by atoms with E-state index < -0.39 is 9.84 Å². The Bertz CT molecular complexity index is 1040. The topological polar surface area (TPSA) is 66.8 Å². The molecule has 7 heteroatoms. The second-order valence-electron chi connectivity index (χ2n) is 7.86. The molecule has 4 rings (SSSR count). The van der Waals surface area contributed by atoms with E-state index in [-0.39, 0.29) is 35.1 Å². The largest absolute Gasteiger partial charge is 0.342 e. The van der Waals surface area contributed by atoms with Crippen molar-refractivity contribution in [3.63, 3.8) is 0 Å². The molecule has 2 fully saturated rings. The molecule has 0 saturated carbocycles. The number of aryl methyl sites for hydroxylation is 2. The van der Waals surface area contributed by atoms with Crippen LogP contribution in [0.15, 0.2) is 53.5 Å². The molecule has 2 aromatic carbocycles. The summed E-state index contributed by atoms with van der Waals surface area (Å²) in [6.45, 7) is 4.60. The predicted molar refractivity (Wildman–Crippen MR) is 118 cm³/mol. The lowest BCUT2D eigenvalue weighted by molar-refractivity contribution is -0.117. The molecular weight excluding hydrogens is 404 g/mol. The van der Waals surface area contributed by atoms with Gasteiger partial charge in [-0.3, -0.25) is 4.79 Å². The summed E-state index contributed by atoms with van der Waals surface area (Å²) in [6.07, 6.45) is 0.246. The molecule has 2 heterocycles. The quantitative estimate of drug-likeness (QED) is 0.748. The summed E-state index contributed by atoms with van der Waals surface area (Å²) in [5.41, 5.74) is 4.34. The number of hydrogen-bond donors (Lipinski definition) is 0. The van der Waals surface area contributed by atoms with Crippen LogP contribution in [0.25, 0.3) is 0 Å². The molecule has 0 bridgehead atoms. The smallest absolute Gasteiger partial charge is 0.252 e. The van der Waals surface area contributed by atoms with Crippen molar-refractivity contribution in [1.29, 1.82) is 0 Å². The fourth-order valence-corrected chi connectivity index (χ4v) is 7.71. The number of fused-ring (bicyclic) bond motifs is 1. The highest BCUT2D eigenvalue weighted by atomic mass is 32.2. The zero-order valence-corrected chi connectivity index (χ0v) is 18.2. The lowest BCUT2D eigenvalue weighted by Crippen LogP contribution is -2.37. The van der Waals surface area contributed by atoms with E-state index in [0.717, 1.165) is 16.7 Å². The number of sulfone groups is 1. The van der Waals surface area contributed by atoms with Crippen LogP contribution in [0.5, 0.6) is 0 Å². The number of aliphatic imine (C=N–C) groups is 1. The first-order valence-electron chi connectivity index (χ1n) is 9.65. The molecule has 0 radical (unpaired) electrons. The minimum absolute atomic E-state index is 0.0589. The molecule has 0 N–H and O–H groups in total. The van der Waals surface area contributed by atoms with E-state index in [1.165, 1.54) is 17.3 Å². The molecule has 2 aliphatic rings. The maximum absolute atomic E-state index is 12.6. The van der Waals surface area contributed by atoms with Gasteiger partial charge in [-0.2, -0.15) is 4.99 Å². The average Bonchev–Trinajstić information content (AvgIpc) is 3.11. The molecule has 152 valence electrons. The first-order valence-corrected chi connectivity index (χ1v) is 12.4. The third-order valence-corrected chi connectivity index (χ3v) is 8.59. The maximum atomic E-state index is 12.6. The number of amidine groups is 1. The van der Waals surface area contributed by atoms with Gasteiger partial charge in [0.25, 0.3) is 5.91 Å². The number of nitrogens with zero attached hydrogens (tertiary/aromatic N) is 2. The number of benzene rings is 2. The number of thioether (sulfide) groups is 1. The summed E-state index contributed by atoms with van der Waals surface area (Å²) >= 11 is 1.43. The number of hydrogen-bond acceptors (Lipinski definition) is 4. The Morgan fingerprint density at radius 1 is 1.00 bits per heavy atom. The first kappa shape index (κ1) is 20.2. The minimum Gasteiger partial charge on any atom is -0.342 e. The van der Waals surface area contributed by atoms with Crippen LogP contribution in [0.4, 0.5) is 0 Å². The maximum Gasteiger partial charge on any atom is 0.252 e. The zero-order chi connectivity index (χ0) is 20.6. The van der Waals surface area contributed by atoms with E-state index in [4.69, 9.17) is 0 Å². The van der Waals surface area contributed by atoms with E-state index in [0.29, 0.717) is 11.7 Å². The highest BCUT2D eigenvalue weighted by molar-refractivity contribution is 8.15. The second kappa shape index (κ2) is 7.95. The molecule has 2 aromatic rings. The van der Waals surface area contributed by atoms with Crippen molar-refractivity contribution in [2.45, 2.75) is 38.1 Å². The van der Waals surface area contributed by atoms with Gasteiger partial charge in [-0.1, -0.05) is 71.4 Å². The van der Waals surface area contributed by atoms with Crippen molar-refractivity contribution in [2.75, 3.05) is 11.5 Å². The fraction of sp³-hybridized carbons (Fsp3) is 0.364. The number of carbonyl (C=O) groups is 1. The highest BCUT2D eigenvalue weighted by Gasteiger charge is 2.48. The monoisotopic (exact) mass is 428 g/mol. The summed E-state index contributed by atoms with van der Waals surface area (Å²) in [7, 11) is -3.04. The van der Waals surface area contributed by atoms with Crippen LogP contribution < -0.4 is 0 Å². The molecule has 0 aliphatic carbocycles. The van der Waals surface area contributed by atoms with Crippen LogP contribution in [0, 0.1) is 13.8 Å². The lowest BCUT2D eigenvalue weighted by atomic mass is 10.1. The fourth-order valence-electron chi connectivity index (χ4n) is 3.74. The van der Waals surface area contributed by atoms with Crippen LogP contribution >= 0.6 is 11.8 Å². The van der Waals surface area contributed by atoms with Crippen molar-refractivity contribution in [3.05, 3.63) is 70.8 Å². The van der Waals surface area contributed by atoms with Gasteiger partial charge in [-0.25, -0.2) is 8.42 Å². The molecule has 5 nitrogen and oxygen atoms in total. The number of amides is 1. The summed E-state index contributed by atoms with van der Waals surface area (Å²) in [5.74, 6) is 0.0765. The van der Waals surface area contributed by atoms with E-state index in [2.05, 4.69) is 4.99 Å². The van der Waals surface area contributed by atoms with E-state index in [1.54, 1.807) is 0 Å². The third kappa shape index (κ3) is 4.73. The van der Waals surface area contributed by atoms with Gasteiger partial charge in [0, 0.05) is 11.8 Å². The van der Waals surface area contributed by atoms with Crippen molar-refractivity contribution >= 4 is 32.7 Å². The third-order valence-electron chi connectivity index (χ3n) is 5.34. The molecule has 1 amide bonds. The molecule has 2 atom stereocenters. The summed E-state index contributed by atoms with van der Waals surface area (Å²) < 4.78 is 24.3. The van der Waals surface area contributed by atoms with Crippen LogP contribution in [-0.4, -0.2) is 47.2 Å². The molecule has 0 aromatic heterocycles. The van der Waals surface area contributed by atoms with Gasteiger partial charge < -0.3 is 4.90 Å². The Balaban J connectivity index is 1.56. The molecular formula is C22H24N2O3S2. The average molecular weight is 429 g/mol. The summed E-state index contributed by atoms with van der Waals surface area (Å²) in [4.78, 5) is 19.0. The van der Waals surface area contributed by atoms with Crippen molar-refractivity contribution in [1.82, 2.24) is 4.90 Å². The van der Waals surface area contributed by atoms with Crippen molar-refractivity contribution in [3.8, 4) is 0 Å². The summed E-state index contributed by atoms with van der Waals surface area (Å²) in [5, 5.41) is 0.587. The van der Waals surface area contributed by atoms with Gasteiger partial charge in [0.1, 0.15) is 0 Å². The van der Waals surface area contributed by atoms with Crippen LogP contribution in [0.3, 0.4) is 0 Å². The Hall–Kier alpha value is -2.12. The highest BCUT2D eigenvalue weighted by Crippen LogP contribution is 2.39. The second-order valence-corrected chi connectivity index (χ2v) is 11.2. The predicted octanol–water partition coefficient (Wildman–Crippen LogP) is 3.14. The SMILES string of the molecule is Cc1ccc(CC(=O)N=C2S[C@H]3CS(=O)(=O)C[C@@H]3N2Cc2ccc(C)cc2)cc1. The van der Waals surface area contributed by atoms with Gasteiger partial charge in [-0.05, 0) is 25.0 Å². The van der Waals surface area contributed by atoms with Crippen molar-refractivity contribution in [2.24, 2.45) is 4.99 Å². The lowest BCUT2D eigenvalue weighted by Gasteiger charge is -2.24. The van der Waals surface area contributed by atoms with Gasteiger partial charge in [-0.15, -0.1) is 0 Å². The standard InChI is InChI=1S/C22H24N2O3S2/c1-15-3-7-17(8-4-15)11-21(25)23-22-24(12-18-9-5-16(2)6-10-18)19-13-29(26,27)14-20(19)28-22/h3-10,19-20H,11-14H2,1-2H3/t19-,20-/m0/s1. The molecule has 29 heavy (non-hydrogen) atoms. The zero-order valence-electron chi connectivity index (χ0n) is 16.5. The minimum atomic E-state index is -3.04. The van der Waals surface area contributed by atoms with Gasteiger partial charge in [0.2, 0.25) is 0 Å². The Morgan fingerprint density at radius 3 is 2.21 bits per heavy atom. The van der Waals surface area contributed by atoms with Crippen LogP contribution in [-0.2, 0) is 27.6 Å². The van der Waals surface area contributed by atoms with Gasteiger partial charge >= 0.3 is 0 Å². The molecule has 0 spiro atoms. The van der Waals surface area contributed by atoms with Gasteiger partial charge in [0.05, 0.1) is 24.0 Å². The van der Waals surface area contributed by atoms with E-state index in [1.807, 2.05) is 67.3 Å². The Labute approximate surface area is 176 Å². The van der Waals surface area contributed by atoms with E-state index >= 15 is 0 Å². The molecule has 2 aliphatic heterocycles. The number of carbonyl (C=O) groups excluding carboxylic acids is 1. The summed E-state index contributed by atoms with van der Waals surface area (Å²) in [6, 6.07) is 15.9. The Kier molecular flexibility index (Phi) is 5.53. The number of rotatable bonds is 4. The molecule has 0 unspecified atom stereocenters. The normalized spacial score (nSPS) is 24.1. The van der Waals surface area contributed by atoms with Gasteiger partial charge in [0.15, 0.2) is 15.0 Å². The van der Waals surface area contributed by atoms with Crippen LogP contribution in [0.1, 0.15) is 22.3 Å². The van der Waals surface area contributed by atoms with Crippen LogP contribution in [0.2, 0.25) is 0 Å². The van der Waals surface area contributed by atoms with E-state index in [9.17, 15) is 13.2 Å². The Morgan fingerprint density at radius 2 is 1.59 bits per heavy atom. The molecule has 2 saturated heterocycles. The van der Waals surface area contributed by atoms with Crippen molar-refractivity contribution < 1.29 is 13.2 Å². The first-order chi connectivity index (χ1) is 13.8.